The summed E-state index contributed by atoms with van der Waals surface area (Å²) in [7, 11) is -2.18. The average molecular weight is 403 g/mol. The first-order chi connectivity index (χ1) is 13.4. The van der Waals surface area contributed by atoms with Gasteiger partial charge in [-0.1, -0.05) is 6.07 Å². The normalized spacial score (nSPS) is 12.8. The number of hydrogen-bond acceptors (Lipinski definition) is 6. The second kappa shape index (κ2) is 8.46. The molecule has 9 nitrogen and oxygen atoms in total. The highest BCUT2D eigenvalue weighted by atomic mass is 32.2. The van der Waals surface area contributed by atoms with E-state index < -0.39 is 10.0 Å². The van der Waals surface area contributed by atoms with E-state index in [4.69, 9.17) is 4.74 Å². The lowest BCUT2D eigenvalue weighted by molar-refractivity contribution is 0.0949. The van der Waals surface area contributed by atoms with Crippen molar-refractivity contribution in [1.29, 1.82) is 0 Å². The zero-order valence-corrected chi connectivity index (χ0v) is 16.3. The molecule has 3 rings (SSSR count). The molecule has 0 aliphatic carbocycles. The summed E-state index contributed by atoms with van der Waals surface area (Å²) in [6, 6.07) is 10.9. The fraction of sp³-hybridized carbons (Fsp3) is 0.278. The van der Waals surface area contributed by atoms with E-state index in [0.29, 0.717) is 17.0 Å². The van der Waals surface area contributed by atoms with Gasteiger partial charge in [0, 0.05) is 24.9 Å². The zero-order valence-electron chi connectivity index (χ0n) is 15.5. The second-order valence-electron chi connectivity index (χ2n) is 6.23. The Kier molecular flexibility index (Phi) is 6.02. The summed E-state index contributed by atoms with van der Waals surface area (Å²) < 4.78 is 33.9. The molecule has 0 unspecified atom stereocenters. The lowest BCUT2D eigenvalue weighted by Crippen LogP contribution is -2.35. The van der Waals surface area contributed by atoms with Crippen molar-refractivity contribution in [3.05, 3.63) is 60.0 Å². The van der Waals surface area contributed by atoms with Gasteiger partial charge in [0.15, 0.2) is 11.5 Å². The van der Waals surface area contributed by atoms with Gasteiger partial charge in [-0.25, -0.2) is 13.1 Å². The monoisotopic (exact) mass is 403 g/mol. The molecule has 28 heavy (non-hydrogen) atoms. The van der Waals surface area contributed by atoms with Crippen molar-refractivity contribution >= 4 is 21.6 Å². The first-order valence-corrected chi connectivity index (χ1v) is 10.1. The molecule has 0 aliphatic heterocycles. The highest BCUT2D eigenvalue weighted by Gasteiger charge is 2.18. The summed E-state index contributed by atoms with van der Waals surface area (Å²) in [5.41, 5.74) is 1.04. The number of sulfonamides is 1. The Morgan fingerprint density at radius 1 is 1.18 bits per heavy atom. The minimum Gasteiger partial charge on any atom is -0.383 e. The number of carbonyl (C=O) groups is 1. The highest BCUT2D eigenvalue weighted by Crippen LogP contribution is 2.12. The van der Waals surface area contributed by atoms with Crippen LogP contribution in [0.1, 0.15) is 23.1 Å². The van der Waals surface area contributed by atoms with Gasteiger partial charge in [-0.2, -0.15) is 0 Å². The van der Waals surface area contributed by atoms with E-state index in [9.17, 15) is 13.2 Å². The third kappa shape index (κ3) is 4.53. The van der Waals surface area contributed by atoms with E-state index in [0.717, 1.165) is 0 Å². The van der Waals surface area contributed by atoms with Crippen molar-refractivity contribution in [2.24, 2.45) is 0 Å². The molecule has 2 heterocycles. The number of nitrogens with one attached hydrogen (secondary N) is 2. The van der Waals surface area contributed by atoms with Crippen LogP contribution in [0.5, 0.6) is 0 Å². The Balaban J connectivity index is 1.65. The largest absolute Gasteiger partial charge is 0.383 e. The quantitative estimate of drug-likeness (QED) is 0.579. The van der Waals surface area contributed by atoms with Gasteiger partial charge in [0.05, 0.1) is 18.0 Å². The zero-order chi connectivity index (χ0) is 20.1. The van der Waals surface area contributed by atoms with Gasteiger partial charge in [0.1, 0.15) is 0 Å². The number of nitrogens with zero attached hydrogens (tertiary/aromatic N) is 3. The van der Waals surface area contributed by atoms with Crippen molar-refractivity contribution in [2.75, 3.05) is 13.7 Å². The van der Waals surface area contributed by atoms with E-state index in [2.05, 4.69) is 20.2 Å². The molecule has 0 fully saturated rings. The van der Waals surface area contributed by atoms with Gasteiger partial charge in [-0.15, -0.1) is 10.2 Å². The third-order valence-corrected chi connectivity index (χ3v) is 5.60. The van der Waals surface area contributed by atoms with Crippen LogP contribution < -0.4 is 10.0 Å². The maximum Gasteiger partial charge on any atom is 0.251 e. The smallest absolute Gasteiger partial charge is 0.251 e. The van der Waals surface area contributed by atoms with E-state index in [-0.39, 0.29) is 30.0 Å². The minimum atomic E-state index is -3.68. The maximum absolute atomic E-state index is 12.3. The average Bonchev–Trinajstić information content (AvgIpc) is 3.09. The fourth-order valence-electron chi connectivity index (χ4n) is 2.68. The van der Waals surface area contributed by atoms with E-state index in [1.165, 1.54) is 31.4 Å². The number of ether oxygens (including phenoxy) is 1. The second-order valence-corrected chi connectivity index (χ2v) is 7.94. The lowest BCUT2D eigenvalue weighted by Gasteiger charge is -2.13. The Hall–Kier alpha value is -2.82. The standard InChI is InChI=1S/C18H21N5O4S/c1-13(12-27-2)22-28(25,26)15-8-6-14(7-9-15)18(24)19-11-17-21-20-16-5-3-4-10-23(16)17/h3-10,13,22H,11-12H2,1-2H3,(H,19,24)/t13-/m1/s1. The predicted octanol–water partition coefficient (Wildman–Crippen LogP) is 0.972. The highest BCUT2D eigenvalue weighted by molar-refractivity contribution is 7.89. The maximum atomic E-state index is 12.3. The SMILES string of the molecule is COC[C@@H](C)NS(=O)(=O)c1ccc(C(=O)NCc2nnc3ccccn23)cc1. The Morgan fingerprint density at radius 3 is 2.64 bits per heavy atom. The number of aromatic nitrogens is 3. The van der Waals surface area contributed by atoms with Crippen molar-refractivity contribution in [3.8, 4) is 0 Å². The molecule has 2 aromatic heterocycles. The molecule has 0 spiro atoms. The number of benzene rings is 1. The minimum absolute atomic E-state index is 0.0791. The Bertz CT molecular complexity index is 1060. The Labute approximate surface area is 162 Å². The van der Waals surface area contributed by atoms with Crippen LogP contribution in [0.2, 0.25) is 0 Å². The predicted molar refractivity (Wildman–Crippen MR) is 102 cm³/mol. The van der Waals surface area contributed by atoms with Gasteiger partial charge in [0.2, 0.25) is 10.0 Å². The topological polar surface area (TPSA) is 115 Å². The van der Waals surface area contributed by atoms with Crippen LogP contribution in [0, 0.1) is 0 Å². The molecule has 1 amide bonds. The van der Waals surface area contributed by atoms with E-state index in [1.54, 1.807) is 11.3 Å². The summed E-state index contributed by atoms with van der Waals surface area (Å²) in [5, 5.41) is 10.8. The molecule has 148 valence electrons. The van der Waals surface area contributed by atoms with Gasteiger partial charge < -0.3 is 10.1 Å². The molecule has 0 saturated carbocycles. The third-order valence-electron chi connectivity index (χ3n) is 3.99. The van der Waals surface area contributed by atoms with E-state index in [1.807, 2.05) is 24.4 Å². The number of rotatable bonds is 8. The molecule has 2 N–H and O–H groups in total. The van der Waals surface area contributed by atoms with Crippen LogP contribution in [0.4, 0.5) is 0 Å². The molecule has 1 atom stereocenters. The molecule has 0 radical (unpaired) electrons. The van der Waals surface area contributed by atoms with Gasteiger partial charge in [-0.3, -0.25) is 9.20 Å². The number of amides is 1. The molecule has 1 aromatic carbocycles. The summed E-state index contributed by atoms with van der Waals surface area (Å²) in [6.07, 6.45) is 1.81. The number of pyridine rings is 1. The summed E-state index contributed by atoms with van der Waals surface area (Å²) in [6.45, 7) is 2.16. The van der Waals surface area contributed by atoms with Gasteiger partial charge in [-0.05, 0) is 43.3 Å². The molecular formula is C18H21N5O4S. The lowest BCUT2D eigenvalue weighted by atomic mass is 10.2. The molecule has 0 bridgehead atoms. The summed E-state index contributed by atoms with van der Waals surface area (Å²) in [4.78, 5) is 12.4. The van der Waals surface area contributed by atoms with Crippen LogP contribution in [0.15, 0.2) is 53.6 Å². The van der Waals surface area contributed by atoms with Crippen molar-refractivity contribution in [1.82, 2.24) is 24.6 Å². The van der Waals surface area contributed by atoms with Crippen molar-refractivity contribution < 1.29 is 17.9 Å². The van der Waals surface area contributed by atoms with Gasteiger partial charge >= 0.3 is 0 Å². The van der Waals surface area contributed by atoms with Crippen LogP contribution in [-0.2, 0) is 21.3 Å². The Morgan fingerprint density at radius 2 is 1.93 bits per heavy atom. The van der Waals surface area contributed by atoms with E-state index >= 15 is 0 Å². The van der Waals surface area contributed by atoms with Crippen LogP contribution >= 0.6 is 0 Å². The van der Waals surface area contributed by atoms with Crippen LogP contribution in [-0.4, -0.2) is 48.7 Å². The molecule has 0 aliphatic rings. The van der Waals surface area contributed by atoms with Gasteiger partial charge in [0.25, 0.3) is 5.91 Å². The first kappa shape index (κ1) is 19.9. The molecular weight excluding hydrogens is 382 g/mol. The molecule has 3 aromatic rings. The fourth-order valence-corrected chi connectivity index (χ4v) is 3.90. The number of fused-ring (bicyclic) bond motifs is 1. The van der Waals surface area contributed by atoms with Crippen molar-refractivity contribution in [2.45, 2.75) is 24.4 Å². The first-order valence-electron chi connectivity index (χ1n) is 8.59. The number of methoxy groups -OCH3 is 1. The summed E-state index contributed by atoms with van der Waals surface area (Å²) in [5.74, 6) is 0.261. The van der Waals surface area contributed by atoms with Crippen LogP contribution in [0.25, 0.3) is 5.65 Å². The molecule has 10 heteroatoms. The number of hydrogen-bond donors (Lipinski definition) is 2. The summed E-state index contributed by atoms with van der Waals surface area (Å²) >= 11 is 0. The number of carbonyl (C=O) groups excluding carboxylic acids is 1. The van der Waals surface area contributed by atoms with Crippen LogP contribution in [0.3, 0.4) is 0 Å². The van der Waals surface area contributed by atoms with Crippen molar-refractivity contribution in [3.63, 3.8) is 0 Å². The molecule has 0 saturated heterocycles.